The molecular weight excluding hydrogens is 533 g/mol. The highest BCUT2D eigenvalue weighted by molar-refractivity contribution is 7.89. The highest BCUT2D eigenvalue weighted by atomic mass is 35.5. The molecule has 0 aliphatic heterocycles. The predicted octanol–water partition coefficient (Wildman–Crippen LogP) is 3.52. The Kier molecular flexibility index (Phi) is 9.11. The molecule has 0 saturated heterocycles. The van der Waals surface area contributed by atoms with Crippen LogP contribution in [0, 0.1) is 0 Å². The number of nitrogens with one attached hydrogen (secondary N) is 1. The van der Waals surface area contributed by atoms with E-state index in [1.54, 1.807) is 36.4 Å². The maximum atomic E-state index is 13.0. The van der Waals surface area contributed by atoms with Crippen LogP contribution in [0.3, 0.4) is 0 Å². The standard InChI is InChI=1S/C24H24ClF3N4O4S/c25-19-8-6-17(7-9-19)20-14-22(33)32(21(31-20)5-2-10-24(26,27)28)15-16-3-1-4-18(13-16)23(34)30-11-12-37(29,35)36/h1,3-4,6-9,13-14H,2,5,10-12,15H2,(H,30,34)(H2,29,35,36). The maximum absolute atomic E-state index is 13.0. The van der Waals surface area contributed by atoms with E-state index in [-0.39, 0.29) is 37.3 Å². The number of carbonyl (C=O) groups excluding carboxylic acids is 1. The number of nitrogens with zero attached hydrogens (tertiary/aromatic N) is 2. The quantitative estimate of drug-likeness (QED) is 0.395. The van der Waals surface area contributed by atoms with Crippen LogP contribution >= 0.6 is 11.6 Å². The Morgan fingerprint density at radius 2 is 1.81 bits per heavy atom. The van der Waals surface area contributed by atoms with E-state index < -0.39 is 39.8 Å². The maximum Gasteiger partial charge on any atom is 0.389 e. The molecule has 3 rings (SSSR count). The van der Waals surface area contributed by atoms with Crippen molar-refractivity contribution in [1.82, 2.24) is 14.9 Å². The largest absolute Gasteiger partial charge is 0.389 e. The Bertz CT molecular complexity index is 1430. The van der Waals surface area contributed by atoms with Gasteiger partial charge in [0.05, 0.1) is 18.0 Å². The van der Waals surface area contributed by atoms with Gasteiger partial charge in [-0.15, -0.1) is 0 Å². The van der Waals surface area contributed by atoms with Gasteiger partial charge in [-0.3, -0.25) is 14.2 Å². The highest BCUT2D eigenvalue weighted by Crippen LogP contribution is 2.23. The van der Waals surface area contributed by atoms with Gasteiger partial charge in [0, 0.05) is 41.6 Å². The van der Waals surface area contributed by atoms with Gasteiger partial charge in [0.1, 0.15) is 5.82 Å². The van der Waals surface area contributed by atoms with Gasteiger partial charge < -0.3 is 5.32 Å². The monoisotopic (exact) mass is 556 g/mol. The average Bonchev–Trinajstić information content (AvgIpc) is 2.80. The van der Waals surface area contributed by atoms with Crippen molar-refractivity contribution in [2.24, 2.45) is 5.14 Å². The summed E-state index contributed by atoms with van der Waals surface area (Å²) in [5.41, 5.74) is 1.17. The van der Waals surface area contributed by atoms with E-state index in [1.165, 1.54) is 22.8 Å². The van der Waals surface area contributed by atoms with Crippen LogP contribution < -0.4 is 16.0 Å². The predicted molar refractivity (Wildman–Crippen MR) is 134 cm³/mol. The third-order valence-electron chi connectivity index (χ3n) is 5.29. The average molecular weight is 557 g/mol. The van der Waals surface area contributed by atoms with Crippen molar-refractivity contribution in [3.8, 4) is 11.3 Å². The molecule has 0 aliphatic rings. The smallest absolute Gasteiger partial charge is 0.351 e. The first-order valence-corrected chi connectivity index (χ1v) is 13.2. The Hall–Kier alpha value is -3.22. The van der Waals surface area contributed by atoms with Crippen LogP contribution in [-0.4, -0.2) is 42.3 Å². The summed E-state index contributed by atoms with van der Waals surface area (Å²) in [6, 6.07) is 14.1. The number of primary sulfonamides is 1. The molecule has 0 aliphatic carbocycles. The molecule has 1 aromatic heterocycles. The number of benzene rings is 2. The molecule has 0 spiro atoms. The lowest BCUT2D eigenvalue weighted by Crippen LogP contribution is -2.31. The van der Waals surface area contributed by atoms with Crippen LogP contribution in [-0.2, 0) is 23.0 Å². The minimum atomic E-state index is -4.34. The van der Waals surface area contributed by atoms with Crippen molar-refractivity contribution in [3.63, 3.8) is 0 Å². The molecule has 0 bridgehead atoms. The molecule has 2 aromatic carbocycles. The molecule has 3 N–H and O–H groups in total. The number of amides is 1. The Morgan fingerprint density at radius 3 is 2.46 bits per heavy atom. The van der Waals surface area contributed by atoms with Crippen molar-refractivity contribution in [2.75, 3.05) is 12.3 Å². The molecule has 3 aromatic rings. The van der Waals surface area contributed by atoms with E-state index in [9.17, 15) is 31.2 Å². The van der Waals surface area contributed by atoms with Crippen LogP contribution in [0.15, 0.2) is 59.4 Å². The number of carbonyl (C=O) groups is 1. The van der Waals surface area contributed by atoms with Gasteiger partial charge in [-0.05, 0) is 36.2 Å². The lowest BCUT2D eigenvalue weighted by atomic mass is 10.1. The zero-order chi connectivity index (χ0) is 27.2. The lowest BCUT2D eigenvalue weighted by molar-refractivity contribution is -0.135. The molecule has 0 atom stereocenters. The van der Waals surface area contributed by atoms with E-state index >= 15 is 0 Å². The van der Waals surface area contributed by atoms with Gasteiger partial charge in [0.2, 0.25) is 10.0 Å². The fourth-order valence-corrected chi connectivity index (χ4v) is 4.04. The third kappa shape index (κ3) is 8.99. The SMILES string of the molecule is NS(=O)(=O)CCNC(=O)c1cccc(Cn2c(CCCC(F)(F)F)nc(-c3ccc(Cl)cc3)cc2=O)c1. The molecule has 37 heavy (non-hydrogen) atoms. The first-order valence-electron chi connectivity index (χ1n) is 11.1. The molecule has 1 heterocycles. The molecule has 0 saturated carbocycles. The van der Waals surface area contributed by atoms with E-state index in [0.29, 0.717) is 21.8 Å². The normalized spacial score (nSPS) is 11.9. The summed E-state index contributed by atoms with van der Waals surface area (Å²) in [5, 5.41) is 7.85. The minimum absolute atomic E-state index is 0.0353. The Labute approximate surface area is 216 Å². The van der Waals surface area contributed by atoms with Gasteiger partial charge >= 0.3 is 6.18 Å². The van der Waals surface area contributed by atoms with Gasteiger partial charge in [0.25, 0.3) is 11.5 Å². The zero-order valence-electron chi connectivity index (χ0n) is 19.5. The van der Waals surface area contributed by atoms with Crippen LogP contribution in [0.4, 0.5) is 13.2 Å². The van der Waals surface area contributed by atoms with Gasteiger partial charge in [-0.25, -0.2) is 18.5 Å². The number of aryl methyl sites for hydroxylation is 1. The Morgan fingerprint density at radius 1 is 1.11 bits per heavy atom. The van der Waals surface area contributed by atoms with Crippen LogP contribution in [0.2, 0.25) is 5.02 Å². The molecule has 198 valence electrons. The summed E-state index contributed by atoms with van der Waals surface area (Å²) in [7, 11) is -3.74. The number of halogens is 4. The summed E-state index contributed by atoms with van der Waals surface area (Å²) >= 11 is 5.92. The number of rotatable bonds is 10. The van der Waals surface area contributed by atoms with Crippen molar-refractivity contribution in [1.29, 1.82) is 0 Å². The Balaban J connectivity index is 1.88. The van der Waals surface area contributed by atoms with E-state index in [2.05, 4.69) is 10.3 Å². The van der Waals surface area contributed by atoms with Crippen LogP contribution in [0.25, 0.3) is 11.3 Å². The fraction of sp³-hybridized carbons (Fsp3) is 0.292. The summed E-state index contributed by atoms with van der Waals surface area (Å²) in [4.78, 5) is 29.9. The molecule has 8 nitrogen and oxygen atoms in total. The molecule has 1 amide bonds. The van der Waals surface area contributed by atoms with Crippen molar-refractivity contribution in [2.45, 2.75) is 32.0 Å². The van der Waals surface area contributed by atoms with E-state index in [4.69, 9.17) is 16.7 Å². The van der Waals surface area contributed by atoms with Gasteiger partial charge in [-0.2, -0.15) is 13.2 Å². The van der Waals surface area contributed by atoms with Gasteiger partial charge in [-0.1, -0.05) is 35.9 Å². The number of aromatic nitrogens is 2. The van der Waals surface area contributed by atoms with E-state index in [0.717, 1.165) is 0 Å². The number of nitrogens with two attached hydrogens (primary N) is 1. The summed E-state index contributed by atoms with van der Waals surface area (Å²) in [6.45, 7) is -0.215. The first-order chi connectivity index (χ1) is 17.3. The molecular formula is C24H24ClF3N4O4S. The molecule has 0 fully saturated rings. The number of hydrogen-bond donors (Lipinski definition) is 2. The second-order valence-corrected chi connectivity index (χ2v) is 10.5. The summed E-state index contributed by atoms with van der Waals surface area (Å²) in [5.74, 6) is -0.801. The zero-order valence-corrected chi connectivity index (χ0v) is 21.0. The molecule has 0 radical (unpaired) electrons. The third-order valence-corrected chi connectivity index (χ3v) is 6.32. The van der Waals surface area contributed by atoms with Crippen LogP contribution in [0.5, 0.6) is 0 Å². The van der Waals surface area contributed by atoms with Crippen molar-refractivity contribution < 1.29 is 26.4 Å². The first kappa shape index (κ1) is 28.4. The minimum Gasteiger partial charge on any atom is -0.351 e. The van der Waals surface area contributed by atoms with Crippen molar-refractivity contribution in [3.05, 3.63) is 86.9 Å². The topological polar surface area (TPSA) is 124 Å². The summed E-state index contributed by atoms with van der Waals surface area (Å²) in [6.07, 6.45) is -5.72. The number of sulfonamides is 1. The highest BCUT2D eigenvalue weighted by Gasteiger charge is 2.26. The number of hydrogen-bond acceptors (Lipinski definition) is 5. The molecule has 13 heteroatoms. The molecule has 0 unspecified atom stereocenters. The second-order valence-electron chi connectivity index (χ2n) is 8.28. The van der Waals surface area contributed by atoms with Gasteiger partial charge in [0.15, 0.2) is 0 Å². The lowest BCUT2D eigenvalue weighted by Gasteiger charge is -2.15. The van der Waals surface area contributed by atoms with Crippen LogP contribution in [0.1, 0.15) is 34.6 Å². The number of alkyl halides is 3. The van der Waals surface area contributed by atoms with E-state index in [1.807, 2.05) is 0 Å². The van der Waals surface area contributed by atoms with Crippen molar-refractivity contribution >= 4 is 27.5 Å². The summed E-state index contributed by atoms with van der Waals surface area (Å²) < 4.78 is 61.7. The second kappa shape index (κ2) is 11.9. The fourth-order valence-electron chi connectivity index (χ4n) is 3.53.